The van der Waals surface area contributed by atoms with E-state index in [0.29, 0.717) is 24.0 Å². The molecule has 3 atom stereocenters. The molecule has 0 heterocycles. The molecule has 0 radical (unpaired) electrons. The third-order valence-corrected chi connectivity index (χ3v) is 8.80. The normalized spacial score (nSPS) is 13.3. The number of rotatable bonds is 18. The molecule has 0 spiro atoms. The van der Waals surface area contributed by atoms with Crippen LogP contribution in [0, 0.1) is 5.92 Å². The predicted molar refractivity (Wildman–Crippen MR) is 213 cm³/mol. The fourth-order valence-electron chi connectivity index (χ4n) is 6.09. The Morgan fingerprint density at radius 1 is 0.815 bits per heavy atom. The van der Waals surface area contributed by atoms with Gasteiger partial charge in [-0.05, 0) is 86.3 Å². The van der Waals surface area contributed by atoms with E-state index < -0.39 is 30.3 Å². The van der Waals surface area contributed by atoms with Crippen LogP contribution in [0.5, 0.6) is 5.75 Å². The van der Waals surface area contributed by atoms with Crippen LogP contribution in [0.25, 0.3) is 10.8 Å². The van der Waals surface area contributed by atoms with Gasteiger partial charge in [-0.1, -0.05) is 85.3 Å². The summed E-state index contributed by atoms with van der Waals surface area (Å²) >= 11 is 5.96. The van der Waals surface area contributed by atoms with Crippen molar-refractivity contribution in [2.24, 2.45) is 5.92 Å². The summed E-state index contributed by atoms with van der Waals surface area (Å²) in [6, 6.07) is 26.6. The summed E-state index contributed by atoms with van der Waals surface area (Å²) < 4.78 is 18.0. The van der Waals surface area contributed by atoms with Gasteiger partial charge in [0, 0.05) is 44.2 Å². The first-order chi connectivity index (χ1) is 25.8. The Labute approximate surface area is 324 Å². The fourth-order valence-corrected chi connectivity index (χ4v) is 6.22. The SMILES string of the molecule is CCOC(OCC)[C@@H](C)[C@H](NC(=O)C(Cc1ccc(OC(C)(C)C)cc1)NC(=O)CN(C)NC(=O)NCc1ccc(Cl)cc1)c1cccc2ccccc12. The largest absolute Gasteiger partial charge is 0.488 e. The van der Waals surface area contributed by atoms with Crippen molar-refractivity contribution in [1.29, 1.82) is 0 Å². The highest BCUT2D eigenvalue weighted by atomic mass is 35.5. The van der Waals surface area contributed by atoms with E-state index in [1.165, 1.54) is 5.01 Å². The molecule has 0 aliphatic heterocycles. The van der Waals surface area contributed by atoms with Crippen molar-refractivity contribution in [2.45, 2.75) is 78.5 Å². The lowest BCUT2D eigenvalue weighted by Crippen LogP contribution is -2.54. The maximum absolute atomic E-state index is 14.5. The van der Waals surface area contributed by atoms with Crippen LogP contribution in [0.1, 0.15) is 64.3 Å². The summed E-state index contributed by atoms with van der Waals surface area (Å²) in [4.78, 5) is 40.6. The summed E-state index contributed by atoms with van der Waals surface area (Å²) in [5, 5.41) is 12.9. The van der Waals surface area contributed by atoms with E-state index in [-0.39, 0.29) is 36.9 Å². The third kappa shape index (κ3) is 13.0. The first-order valence-corrected chi connectivity index (χ1v) is 18.7. The number of hydrogen-bond donors (Lipinski definition) is 4. The number of ether oxygens (including phenoxy) is 3. The number of hydrazine groups is 1. The summed E-state index contributed by atoms with van der Waals surface area (Å²) in [6.45, 7) is 12.6. The lowest BCUT2D eigenvalue weighted by molar-refractivity contribution is -0.170. The van der Waals surface area contributed by atoms with Crippen LogP contribution in [0.4, 0.5) is 4.79 Å². The molecule has 0 bridgehead atoms. The second-order valence-electron chi connectivity index (χ2n) is 14.2. The monoisotopic (exact) mass is 759 g/mol. The van der Waals surface area contributed by atoms with Crippen molar-refractivity contribution >= 4 is 40.2 Å². The second kappa shape index (κ2) is 20.1. The molecule has 0 aromatic heterocycles. The van der Waals surface area contributed by atoms with Crippen LogP contribution in [0.2, 0.25) is 5.02 Å². The van der Waals surface area contributed by atoms with Crippen molar-refractivity contribution in [1.82, 2.24) is 26.4 Å². The summed E-state index contributed by atoms with van der Waals surface area (Å²) in [5.41, 5.74) is 4.86. The van der Waals surface area contributed by atoms with Gasteiger partial charge < -0.3 is 30.2 Å². The molecule has 1 unspecified atom stereocenters. The Morgan fingerprint density at radius 2 is 1.44 bits per heavy atom. The Bertz CT molecular complexity index is 1800. The summed E-state index contributed by atoms with van der Waals surface area (Å²) in [6.07, 6.45) is -0.401. The summed E-state index contributed by atoms with van der Waals surface area (Å²) in [7, 11) is 1.57. The molecular weight excluding hydrogens is 706 g/mol. The van der Waals surface area contributed by atoms with Gasteiger partial charge in [0.1, 0.15) is 17.4 Å². The summed E-state index contributed by atoms with van der Waals surface area (Å²) in [5.74, 6) is -0.460. The number of carbonyl (C=O) groups is 3. The van der Waals surface area contributed by atoms with Crippen molar-refractivity contribution in [3.05, 3.63) is 113 Å². The average Bonchev–Trinajstić information content (AvgIpc) is 3.12. The van der Waals surface area contributed by atoms with Gasteiger partial charge in [0.2, 0.25) is 11.8 Å². The maximum Gasteiger partial charge on any atom is 0.329 e. The lowest BCUT2D eigenvalue weighted by atomic mass is 9.89. The van der Waals surface area contributed by atoms with Gasteiger partial charge in [-0.25, -0.2) is 9.80 Å². The van der Waals surface area contributed by atoms with Gasteiger partial charge in [-0.3, -0.25) is 15.0 Å². The zero-order chi connectivity index (χ0) is 39.3. The number of benzene rings is 4. The van der Waals surface area contributed by atoms with Crippen molar-refractivity contribution < 1.29 is 28.6 Å². The number of likely N-dealkylation sites (N-methyl/N-ethyl adjacent to an activating group) is 1. The molecule has 4 amide bonds. The van der Waals surface area contributed by atoms with Crippen molar-refractivity contribution in [3.8, 4) is 5.75 Å². The van der Waals surface area contributed by atoms with Crippen LogP contribution in [-0.2, 0) is 32.0 Å². The number of nitrogens with one attached hydrogen (secondary N) is 4. The maximum atomic E-state index is 14.5. The third-order valence-electron chi connectivity index (χ3n) is 8.55. The van der Waals surface area contributed by atoms with Gasteiger partial charge in [0.25, 0.3) is 0 Å². The smallest absolute Gasteiger partial charge is 0.329 e. The van der Waals surface area contributed by atoms with Crippen LogP contribution < -0.4 is 26.1 Å². The number of urea groups is 1. The zero-order valence-electron chi connectivity index (χ0n) is 32.3. The fraction of sp³-hybridized carbons (Fsp3) is 0.405. The first-order valence-electron chi connectivity index (χ1n) is 18.3. The number of carbonyl (C=O) groups excluding carboxylic acids is 3. The standard InChI is InChI=1S/C42H54ClN5O6/c1-8-52-40(53-9-2)28(3)38(35-16-12-14-31-13-10-11-15-34(31)35)46-39(50)36(25-29-19-23-33(24-20-29)54-42(4,5)6)45-37(49)27-48(7)47-41(51)44-26-30-17-21-32(43)22-18-30/h10-24,28,36,38,40H,8-9,25-27H2,1-7H3,(H,45,49)(H,46,50)(H2,44,47,51)/t28-,36?,38-/m0/s1. The van der Waals surface area contributed by atoms with Crippen molar-refractivity contribution in [3.63, 3.8) is 0 Å². The molecule has 12 heteroatoms. The Balaban J connectivity index is 1.56. The predicted octanol–water partition coefficient (Wildman–Crippen LogP) is 6.94. The molecule has 54 heavy (non-hydrogen) atoms. The molecule has 0 aliphatic rings. The highest BCUT2D eigenvalue weighted by molar-refractivity contribution is 6.30. The molecular formula is C42H54ClN5O6. The molecule has 0 saturated heterocycles. The van der Waals surface area contributed by atoms with Gasteiger partial charge in [0.15, 0.2) is 6.29 Å². The topological polar surface area (TPSA) is 130 Å². The van der Waals surface area contributed by atoms with E-state index in [4.69, 9.17) is 25.8 Å². The molecule has 11 nitrogen and oxygen atoms in total. The van der Waals surface area contributed by atoms with E-state index >= 15 is 0 Å². The molecule has 0 fully saturated rings. The van der Waals surface area contributed by atoms with E-state index in [9.17, 15) is 14.4 Å². The van der Waals surface area contributed by atoms with Crippen LogP contribution in [0.15, 0.2) is 91.0 Å². The molecule has 4 aromatic carbocycles. The molecule has 4 aromatic rings. The number of fused-ring (bicyclic) bond motifs is 1. The molecule has 0 aliphatic carbocycles. The number of amides is 4. The minimum atomic E-state index is -0.971. The van der Waals surface area contributed by atoms with Crippen LogP contribution in [0.3, 0.4) is 0 Å². The van der Waals surface area contributed by atoms with Gasteiger partial charge >= 0.3 is 6.03 Å². The van der Waals surface area contributed by atoms with E-state index in [0.717, 1.165) is 27.5 Å². The van der Waals surface area contributed by atoms with E-state index in [1.807, 2.05) is 120 Å². The highest BCUT2D eigenvalue weighted by Gasteiger charge is 2.33. The average molecular weight is 760 g/mol. The van der Waals surface area contributed by atoms with Gasteiger partial charge in [-0.15, -0.1) is 0 Å². The first kappa shape index (κ1) is 42.1. The van der Waals surface area contributed by atoms with Gasteiger partial charge in [-0.2, -0.15) is 0 Å². The minimum absolute atomic E-state index is 0.197. The zero-order valence-corrected chi connectivity index (χ0v) is 33.0. The second-order valence-corrected chi connectivity index (χ2v) is 14.6. The van der Waals surface area contributed by atoms with E-state index in [1.54, 1.807) is 19.2 Å². The van der Waals surface area contributed by atoms with E-state index in [2.05, 4.69) is 21.4 Å². The molecule has 0 saturated carbocycles. The molecule has 4 N–H and O–H groups in total. The highest BCUT2D eigenvalue weighted by Crippen LogP contribution is 2.32. The molecule has 290 valence electrons. The number of nitrogens with zero attached hydrogens (tertiary/aromatic N) is 1. The quantitative estimate of drug-likeness (QED) is 0.0639. The number of halogens is 1. The minimum Gasteiger partial charge on any atom is -0.488 e. The van der Waals surface area contributed by atoms with Crippen LogP contribution >= 0.6 is 11.6 Å². The Morgan fingerprint density at radius 3 is 2.09 bits per heavy atom. The molecule has 4 rings (SSSR count). The Kier molecular flexibility index (Phi) is 15.7. The Hall–Kier alpha value is -4.68. The van der Waals surface area contributed by atoms with Gasteiger partial charge in [0.05, 0.1) is 12.6 Å². The lowest BCUT2D eigenvalue weighted by Gasteiger charge is -2.33. The van der Waals surface area contributed by atoms with Crippen LogP contribution in [-0.4, -0.2) is 67.6 Å². The van der Waals surface area contributed by atoms with Crippen molar-refractivity contribution in [2.75, 3.05) is 26.8 Å². The number of hydrogen-bond acceptors (Lipinski definition) is 7.